The van der Waals surface area contributed by atoms with Crippen LogP contribution >= 0.6 is 0 Å². The SMILES string of the molecule is Cc1[nH]nc2ccc(Nc3ncnc4[nH]c(C5=CCN(C(=O)CCn6ccnc6)CC5)cc34)cc12. The van der Waals surface area contributed by atoms with Crippen molar-refractivity contribution in [2.75, 3.05) is 18.4 Å². The second-order valence-electron chi connectivity index (χ2n) is 8.74. The van der Waals surface area contributed by atoms with E-state index in [1.54, 1.807) is 18.9 Å². The molecule has 0 unspecified atom stereocenters. The van der Waals surface area contributed by atoms with Gasteiger partial charge in [0.05, 0.1) is 17.2 Å². The molecule has 10 nitrogen and oxygen atoms in total. The lowest BCUT2D eigenvalue weighted by atomic mass is 10.0. The molecule has 0 saturated carbocycles. The van der Waals surface area contributed by atoms with Gasteiger partial charge in [0, 0.05) is 60.9 Å². The van der Waals surface area contributed by atoms with E-state index in [0.717, 1.165) is 51.3 Å². The Bertz CT molecular complexity index is 1540. The molecule has 0 saturated heterocycles. The lowest BCUT2D eigenvalue weighted by Gasteiger charge is -2.26. The molecule has 1 aliphatic heterocycles. The summed E-state index contributed by atoms with van der Waals surface area (Å²) in [5.74, 6) is 0.901. The second-order valence-corrected chi connectivity index (χ2v) is 8.74. The molecule has 1 amide bonds. The van der Waals surface area contributed by atoms with Crippen LogP contribution in [0.4, 0.5) is 11.5 Å². The molecule has 35 heavy (non-hydrogen) atoms. The summed E-state index contributed by atoms with van der Waals surface area (Å²) in [6, 6.07) is 8.13. The van der Waals surface area contributed by atoms with Gasteiger partial charge in [-0.2, -0.15) is 5.10 Å². The predicted octanol–water partition coefficient (Wildman–Crippen LogP) is 3.79. The van der Waals surface area contributed by atoms with Gasteiger partial charge in [0.15, 0.2) is 0 Å². The van der Waals surface area contributed by atoms with E-state index in [1.807, 2.05) is 34.7 Å². The van der Waals surface area contributed by atoms with E-state index < -0.39 is 0 Å². The number of imidazole rings is 1. The van der Waals surface area contributed by atoms with Gasteiger partial charge < -0.3 is 19.8 Å². The first-order chi connectivity index (χ1) is 17.1. The first-order valence-electron chi connectivity index (χ1n) is 11.6. The Labute approximate surface area is 201 Å². The third kappa shape index (κ3) is 4.14. The summed E-state index contributed by atoms with van der Waals surface area (Å²) in [4.78, 5) is 30.9. The lowest BCUT2D eigenvalue weighted by Crippen LogP contribution is -2.35. The summed E-state index contributed by atoms with van der Waals surface area (Å²) in [7, 11) is 0. The fraction of sp³-hybridized carbons (Fsp3) is 0.240. The zero-order valence-electron chi connectivity index (χ0n) is 19.3. The van der Waals surface area contributed by atoms with Crippen molar-refractivity contribution in [1.29, 1.82) is 0 Å². The van der Waals surface area contributed by atoms with Gasteiger partial charge in [0.25, 0.3) is 0 Å². The van der Waals surface area contributed by atoms with Crippen molar-refractivity contribution in [1.82, 2.24) is 39.6 Å². The van der Waals surface area contributed by atoms with Crippen LogP contribution < -0.4 is 5.32 Å². The topological polar surface area (TPSA) is 120 Å². The zero-order chi connectivity index (χ0) is 23.8. The number of aryl methyl sites for hydroxylation is 2. The molecule has 0 fully saturated rings. The van der Waals surface area contributed by atoms with E-state index in [9.17, 15) is 4.79 Å². The number of aromatic amines is 2. The van der Waals surface area contributed by atoms with Crippen molar-refractivity contribution in [3.8, 4) is 0 Å². The molecule has 0 radical (unpaired) electrons. The average molecular weight is 468 g/mol. The van der Waals surface area contributed by atoms with E-state index >= 15 is 0 Å². The molecule has 10 heteroatoms. The van der Waals surface area contributed by atoms with Crippen LogP contribution in [-0.4, -0.2) is 58.6 Å². The van der Waals surface area contributed by atoms with Crippen LogP contribution in [0.2, 0.25) is 0 Å². The van der Waals surface area contributed by atoms with Gasteiger partial charge in [0.1, 0.15) is 17.8 Å². The highest BCUT2D eigenvalue weighted by Gasteiger charge is 2.19. The van der Waals surface area contributed by atoms with Gasteiger partial charge in [-0.1, -0.05) is 6.08 Å². The molecular weight excluding hydrogens is 442 g/mol. The van der Waals surface area contributed by atoms with Gasteiger partial charge in [-0.25, -0.2) is 15.0 Å². The molecule has 4 aromatic heterocycles. The Balaban J connectivity index is 1.18. The predicted molar refractivity (Wildman–Crippen MR) is 134 cm³/mol. The van der Waals surface area contributed by atoms with Crippen LogP contribution in [0.15, 0.2) is 55.4 Å². The van der Waals surface area contributed by atoms with E-state index in [1.165, 1.54) is 5.57 Å². The lowest BCUT2D eigenvalue weighted by molar-refractivity contribution is -0.131. The number of amides is 1. The number of nitrogens with zero attached hydrogens (tertiary/aromatic N) is 6. The number of rotatable bonds is 6. The van der Waals surface area contributed by atoms with Crippen LogP contribution in [0.5, 0.6) is 0 Å². The summed E-state index contributed by atoms with van der Waals surface area (Å²) >= 11 is 0. The highest BCUT2D eigenvalue weighted by Crippen LogP contribution is 2.30. The third-order valence-electron chi connectivity index (χ3n) is 6.48. The number of hydrogen-bond acceptors (Lipinski definition) is 6. The number of hydrogen-bond donors (Lipinski definition) is 3. The molecule has 5 heterocycles. The minimum atomic E-state index is 0.160. The smallest absolute Gasteiger partial charge is 0.224 e. The average Bonchev–Trinajstić information content (AvgIpc) is 3.64. The monoisotopic (exact) mass is 467 g/mol. The van der Waals surface area contributed by atoms with Gasteiger partial charge in [-0.05, 0) is 43.2 Å². The summed E-state index contributed by atoms with van der Waals surface area (Å²) in [5.41, 5.74) is 5.87. The van der Waals surface area contributed by atoms with Crippen LogP contribution in [0, 0.1) is 6.92 Å². The van der Waals surface area contributed by atoms with Gasteiger partial charge in [-0.3, -0.25) is 9.89 Å². The molecule has 1 aliphatic rings. The van der Waals surface area contributed by atoms with E-state index in [4.69, 9.17) is 0 Å². The number of carbonyl (C=O) groups is 1. The first kappa shape index (κ1) is 21.1. The maximum absolute atomic E-state index is 12.6. The maximum Gasteiger partial charge on any atom is 0.224 e. The second kappa shape index (κ2) is 8.71. The summed E-state index contributed by atoms with van der Waals surface area (Å²) in [6.45, 7) is 3.96. The molecule has 176 valence electrons. The van der Waals surface area contributed by atoms with Crippen molar-refractivity contribution < 1.29 is 4.79 Å². The van der Waals surface area contributed by atoms with Crippen molar-refractivity contribution in [3.63, 3.8) is 0 Å². The number of carbonyl (C=O) groups excluding carboxylic acids is 1. The van der Waals surface area contributed by atoms with Crippen LogP contribution in [0.25, 0.3) is 27.5 Å². The molecule has 0 atom stereocenters. The molecule has 0 aliphatic carbocycles. The Morgan fingerprint density at radius 2 is 2.14 bits per heavy atom. The number of anilines is 2. The normalized spacial score (nSPS) is 14.0. The third-order valence-corrected chi connectivity index (χ3v) is 6.48. The number of aromatic nitrogens is 7. The molecule has 5 aromatic rings. The largest absolute Gasteiger partial charge is 0.340 e. The first-order valence-corrected chi connectivity index (χ1v) is 11.6. The minimum absolute atomic E-state index is 0.160. The molecule has 3 N–H and O–H groups in total. The highest BCUT2D eigenvalue weighted by atomic mass is 16.2. The van der Waals surface area contributed by atoms with Crippen molar-refractivity contribution in [3.05, 3.63) is 66.8 Å². The van der Waals surface area contributed by atoms with Crippen molar-refractivity contribution in [2.24, 2.45) is 0 Å². The maximum atomic E-state index is 12.6. The molecule has 0 bridgehead atoms. The Morgan fingerprint density at radius 1 is 1.20 bits per heavy atom. The van der Waals surface area contributed by atoms with Crippen LogP contribution in [0.1, 0.15) is 24.2 Å². The number of nitrogens with one attached hydrogen (secondary N) is 3. The van der Waals surface area contributed by atoms with Gasteiger partial charge in [-0.15, -0.1) is 0 Å². The minimum Gasteiger partial charge on any atom is -0.340 e. The van der Waals surface area contributed by atoms with Gasteiger partial charge >= 0.3 is 0 Å². The van der Waals surface area contributed by atoms with Gasteiger partial charge in [0.2, 0.25) is 5.91 Å². The Morgan fingerprint density at radius 3 is 2.97 bits per heavy atom. The molecule has 1 aromatic carbocycles. The number of benzene rings is 1. The Kier molecular flexibility index (Phi) is 5.25. The van der Waals surface area contributed by atoms with Crippen molar-refractivity contribution in [2.45, 2.75) is 26.3 Å². The van der Waals surface area contributed by atoms with E-state index in [0.29, 0.717) is 26.1 Å². The molecule has 0 spiro atoms. The van der Waals surface area contributed by atoms with E-state index in [-0.39, 0.29) is 5.91 Å². The number of fused-ring (bicyclic) bond motifs is 2. The highest BCUT2D eigenvalue weighted by molar-refractivity contribution is 5.93. The summed E-state index contributed by atoms with van der Waals surface area (Å²) in [6.07, 6.45) is 10.3. The zero-order valence-corrected chi connectivity index (χ0v) is 19.3. The standard InChI is InChI=1S/C25H25N9O/c1-16-19-12-18(2-3-21(19)32-31-16)29-24-20-13-22(30-25(20)28-14-27-24)17-4-9-34(10-5-17)23(35)6-8-33-11-7-26-15-33/h2-4,7,11-15H,5-6,8-10H2,1H3,(H,31,32)(H2,27,28,29,30). The van der Waals surface area contributed by atoms with Crippen LogP contribution in [0.3, 0.4) is 0 Å². The van der Waals surface area contributed by atoms with Crippen molar-refractivity contribution >= 4 is 44.9 Å². The number of H-pyrrole nitrogens is 2. The molecular formula is C25H25N9O. The fourth-order valence-electron chi connectivity index (χ4n) is 4.51. The summed E-state index contributed by atoms with van der Waals surface area (Å²) in [5, 5.41) is 12.7. The van der Waals surface area contributed by atoms with Crippen LogP contribution in [-0.2, 0) is 11.3 Å². The molecule has 6 rings (SSSR count). The Hall–Kier alpha value is -4.47. The fourth-order valence-corrected chi connectivity index (χ4v) is 4.51. The summed E-state index contributed by atoms with van der Waals surface area (Å²) < 4.78 is 1.93. The van der Waals surface area contributed by atoms with E-state index in [2.05, 4.69) is 53.7 Å². The quantitative estimate of drug-likeness (QED) is 0.349.